The minimum Gasteiger partial charge on any atom is -0.364 e. The van der Waals surface area contributed by atoms with Gasteiger partial charge < -0.3 is 11.1 Å². The van der Waals surface area contributed by atoms with Crippen LogP contribution in [0, 0.1) is 5.92 Å². The SMILES string of the molecule is NC(=O)c1csc(CNC(=O)C2CCN(Cc3ccccc3)CC2)n1. The summed E-state index contributed by atoms with van der Waals surface area (Å²) in [6.07, 6.45) is 1.73. The lowest BCUT2D eigenvalue weighted by atomic mass is 9.95. The van der Waals surface area contributed by atoms with Crippen molar-refractivity contribution >= 4 is 23.2 Å². The van der Waals surface area contributed by atoms with E-state index in [0.717, 1.165) is 32.5 Å². The van der Waals surface area contributed by atoms with E-state index >= 15 is 0 Å². The van der Waals surface area contributed by atoms with Gasteiger partial charge in [0, 0.05) is 17.8 Å². The minimum absolute atomic E-state index is 0.0441. The third kappa shape index (κ3) is 4.87. The lowest BCUT2D eigenvalue weighted by molar-refractivity contribution is -0.126. The number of amides is 2. The second kappa shape index (κ2) is 8.22. The normalized spacial score (nSPS) is 15.8. The number of nitrogens with two attached hydrogens (primary N) is 1. The van der Waals surface area contributed by atoms with Gasteiger partial charge in [0.15, 0.2) is 0 Å². The standard InChI is InChI=1S/C18H22N4O2S/c19-17(23)15-12-25-16(21-15)10-20-18(24)14-6-8-22(9-7-14)11-13-4-2-1-3-5-13/h1-5,12,14H,6-11H2,(H2,19,23)(H,20,24). The van der Waals surface area contributed by atoms with Gasteiger partial charge in [0.05, 0.1) is 6.54 Å². The van der Waals surface area contributed by atoms with Crippen molar-refractivity contribution in [2.75, 3.05) is 13.1 Å². The number of thiazole rings is 1. The van der Waals surface area contributed by atoms with Crippen LogP contribution in [-0.2, 0) is 17.9 Å². The number of nitrogens with zero attached hydrogens (tertiary/aromatic N) is 2. The Morgan fingerprint density at radius 2 is 1.96 bits per heavy atom. The van der Waals surface area contributed by atoms with Gasteiger partial charge in [-0.15, -0.1) is 11.3 Å². The molecule has 6 nitrogen and oxygen atoms in total. The van der Waals surface area contributed by atoms with Crippen molar-refractivity contribution in [3.63, 3.8) is 0 Å². The molecule has 1 aromatic heterocycles. The van der Waals surface area contributed by atoms with E-state index in [4.69, 9.17) is 5.73 Å². The van der Waals surface area contributed by atoms with Crippen LogP contribution in [0.4, 0.5) is 0 Å². The molecule has 0 saturated carbocycles. The van der Waals surface area contributed by atoms with Gasteiger partial charge in [-0.3, -0.25) is 14.5 Å². The van der Waals surface area contributed by atoms with Crippen molar-refractivity contribution in [1.82, 2.24) is 15.2 Å². The third-order valence-electron chi connectivity index (χ3n) is 4.43. The molecule has 0 radical (unpaired) electrons. The molecule has 1 aromatic carbocycles. The number of aromatic nitrogens is 1. The monoisotopic (exact) mass is 358 g/mol. The number of benzene rings is 1. The van der Waals surface area contributed by atoms with Crippen molar-refractivity contribution in [3.8, 4) is 0 Å². The summed E-state index contributed by atoms with van der Waals surface area (Å²) in [5.74, 6) is -0.433. The zero-order chi connectivity index (χ0) is 17.6. The lowest BCUT2D eigenvalue weighted by Gasteiger charge is -2.31. The predicted molar refractivity (Wildman–Crippen MR) is 96.9 cm³/mol. The van der Waals surface area contributed by atoms with Crippen molar-refractivity contribution in [3.05, 3.63) is 52.0 Å². The Kier molecular flexibility index (Phi) is 5.78. The maximum atomic E-state index is 12.3. The Hall–Kier alpha value is -2.25. The van der Waals surface area contributed by atoms with E-state index in [1.165, 1.54) is 16.9 Å². The summed E-state index contributed by atoms with van der Waals surface area (Å²) in [6, 6.07) is 10.4. The molecule has 0 atom stereocenters. The molecule has 1 saturated heterocycles. The number of hydrogen-bond acceptors (Lipinski definition) is 5. The molecule has 3 N–H and O–H groups in total. The van der Waals surface area contributed by atoms with Crippen LogP contribution in [0.25, 0.3) is 0 Å². The van der Waals surface area contributed by atoms with E-state index in [9.17, 15) is 9.59 Å². The summed E-state index contributed by atoms with van der Waals surface area (Å²) < 4.78 is 0. The van der Waals surface area contributed by atoms with Gasteiger partial charge in [-0.05, 0) is 31.5 Å². The fourth-order valence-electron chi connectivity index (χ4n) is 3.01. The zero-order valence-corrected chi connectivity index (χ0v) is 14.8. The second-order valence-electron chi connectivity index (χ2n) is 6.24. The van der Waals surface area contributed by atoms with Gasteiger partial charge in [0.25, 0.3) is 5.91 Å². The first-order valence-electron chi connectivity index (χ1n) is 8.40. The number of carbonyl (C=O) groups is 2. The highest BCUT2D eigenvalue weighted by molar-refractivity contribution is 7.09. The highest BCUT2D eigenvalue weighted by Gasteiger charge is 2.25. The third-order valence-corrected chi connectivity index (χ3v) is 5.27. The van der Waals surface area contributed by atoms with Gasteiger partial charge in [-0.2, -0.15) is 0 Å². The van der Waals surface area contributed by atoms with Crippen molar-refractivity contribution in [2.45, 2.75) is 25.9 Å². The molecule has 2 aromatic rings. The largest absolute Gasteiger partial charge is 0.364 e. The highest BCUT2D eigenvalue weighted by Crippen LogP contribution is 2.19. The molecular weight excluding hydrogens is 336 g/mol. The van der Waals surface area contributed by atoms with Crippen molar-refractivity contribution < 1.29 is 9.59 Å². The van der Waals surface area contributed by atoms with Crippen LogP contribution in [-0.4, -0.2) is 34.8 Å². The molecular formula is C18H22N4O2S. The number of likely N-dealkylation sites (tertiary alicyclic amines) is 1. The fraction of sp³-hybridized carbons (Fsp3) is 0.389. The number of rotatable bonds is 6. The smallest absolute Gasteiger partial charge is 0.268 e. The molecule has 3 rings (SSSR count). The van der Waals surface area contributed by atoms with Crippen LogP contribution in [0.2, 0.25) is 0 Å². The van der Waals surface area contributed by atoms with Gasteiger partial charge in [-0.1, -0.05) is 30.3 Å². The van der Waals surface area contributed by atoms with Crippen LogP contribution in [0.15, 0.2) is 35.7 Å². The predicted octanol–water partition coefficient (Wildman–Crippen LogP) is 1.77. The molecule has 25 heavy (non-hydrogen) atoms. The maximum Gasteiger partial charge on any atom is 0.268 e. The minimum atomic E-state index is -0.542. The molecule has 132 valence electrons. The fourth-order valence-corrected chi connectivity index (χ4v) is 3.73. The van der Waals surface area contributed by atoms with Crippen LogP contribution < -0.4 is 11.1 Å². The summed E-state index contributed by atoms with van der Waals surface area (Å²) in [5.41, 5.74) is 6.74. The van der Waals surface area contributed by atoms with Crippen LogP contribution in [0.3, 0.4) is 0 Å². The second-order valence-corrected chi connectivity index (χ2v) is 7.19. The Balaban J connectivity index is 1.42. The topological polar surface area (TPSA) is 88.3 Å². The van der Waals surface area contributed by atoms with E-state index in [1.807, 2.05) is 6.07 Å². The number of primary amides is 1. The molecule has 1 aliphatic rings. The molecule has 0 bridgehead atoms. The Morgan fingerprint density at radius 3 is 2.60 bits per heavy atom. The number of piperidine rings is 1. The quantitative estimate of drug-likeness (QED) is 0.824. The van der Waals surface area contributed by atoms with Crippen molar-refractivity contribution in [1.29, 1.82) is 0 Å². The van der Waals surface area contributed by atoms with Gasteiger partial charge in [0.2, 0.25) is 5.91 Å². The summed E-state index contributed by atoms with van der Waals surface area (Å²) in [7, 11) is 0. The zero-order valence-electron chi connectivity index (χ0n) is 14.0. The van der Waals surface area contributed by atoms with Gasteiger partial charge in [0.1, 0.15) is 10.7 Å². The van der Waals surface area contributed by atoms with E-state index in [-0.39, 0.29) is 17.5 Å². The lowest BCUT2D eigenvalue weighted by Crippen LogP contribution is -2.40. The van der Waals surface area contributed by atoms with Crippen LogP contribution in [0.1, 0.15) is 33.9 Å². The Bertz CT molecular complexity index is 724. The molecule has 2 amide bonds. The molecule has 0 unspecified atom stereocenters. The van der Waals surface area contributed by atoms with Gasteiger partial charge in [-0.25, -0.2) is 4.98 Å². The number of hydrogen-bond donors (Lipinski definition) is 2. The average Bonchev–Trinajstić information content (AvgIpc) is 3.11. The molecule has 1 fully saturated rings. The van der Waals surface area contributed by atoms with Crippen molar-refractivity contribution in [2.24, 2.45) is 11.7 Å². The Morgan fingerprint density at radius 1 is 1.24 bits per heavy atom. The van der Waals surface area contributed by atoms with Gasteiger partial charge >= 0.3 is 0 Å². The number of nitrogens with one attached hydrogen (secondary N) is 1. The van der Waals surface area contributed by atoms with Crippen LogP contribution in [0.5, 0.6) is 0 Å². The number of carbonyl (C=O) groups excluding carboxylic acids is 2. The van der Waals surface area contributed by atoms with E-state index in [0.29, 0.717) is 11.6 Å². The first-order valence-corrected chi connectivity index (χ1v) is 9.28. The summed E-state index contributed by atoms with van der Waals surface area (Å²) in [4.78, 5) is 29.9. The van der Waals surface area contributed by atoms with E-state index in [2.05, 4.69) is 39.5 Å². The molecule has 0 spiro atoms. The summed E-state index contributed by atoms with van der Waals surface area (Å²) in [6.45, 7) is 3.14. The highest BCUT2D eigenvalue weighted by atomic mass is 32.1. The van der Waals surface area contributed by atoms with E-state index in [1.54, 1.807) is 5.38 Å². The maximum absolute atomic E-state index is 12.3. The summed E-state index contributed by atoms with van der Waals surface area (Å²) >= 11 is 1.33. The first kappa shape index (κ1) is 17.6. The summed E-state index contributed by atoms with van der Waals surface area (Å²) in [5, 5.41) is 5.24. The van der Waals surface area contributed by atoms with E-state index < -0.39 is 5.91 Å². The first-order chi connectivity index (χ1) is 12.1. The molecule has 0 aliphatic carbocycles. The average molecular weight is 358 g/mol. The molecule has 7 heteroatoms. The Labute approximate surface area is 151 Å². The van der Waals surface area contributed by atoms with Crippen LogP contribution >= 0.6 is 11.3 Å². The molecule has 2 heterocycles. The molecule has 1 aliphatic heterocycles.